The van der Waals surface area contributed by atoms with E-state index in [-0.39, 0.29) is 23.8 Å². The Balaban J connectivity index is 2.04. The molecule has 0 saturated carbocycles. The third kappa shape index (κ3) is 4.98. The van der Waals surface area contributed by atoms with E-state index in [0.29, 0.717) is 5.17 Å². The highest BCUT2D eigenvalue weighted by molar-refractivity contribution is 8.15. The summed E-state index contributed by atoms with van der Waals surface area (Å²) in [6, 6.07) is 6.39. The Kier molecular flexibility index (Phi) is 5.77. The number of carboxylic acids is 1. The average molecular weight is 363 g/mol. The number of hydrogen-bond donors (Lipinski definition) is 3. The van der Waals surface area contributed by atoms with Gasteiger partial charge in [-0.05, 0) is 36.0 Å². The number of aliphatic carboxylic acids is 1. The summed E-state index contributed by atoms with van der Waals surface area (Å²) < 4.78 is 0. The van der Waals surface area contributed by atoms with Gasteiger partial charge in [0.05, 0.1) is 12.5 Å². The Morgan fingerprint density at radius 1 is 1.44 bits per heavy atom. The van der Waals surface area contributed by atoms with Crippen LogP contribution in [0.15, 0.2) is 23.3 Å². The van der Waals surface area contributed by atoms with Crippen LogP contribution in [0.25, 0.3) is 0 Å². The molecule has 6 nitrogen and oxygen atoms in total. The van der Waals surface area contributed by atoms with E-state index in [1.165, 1.54) is 11.1 Å². The quantitative estimate of drug-likeness (QED) is 0.700. The molecule has 1 aromatic carbocycles. The van der Waals surface area contributed by atoms with E-state index < -0.39 is 11.2 Å². The van der Waals surface area contributed by atoms with Crippen molar-refractivity contribution in [3.05, 3.63) is 34.9 Å². The SMILES string of the molecule is Cc1cc(C(C)(C)C)ccc1C(C)N/N=C1\NC(=O)C(CC(=O)O)S1. The molecule has 0 radical (unpaired) electrons. The minimum atomic E-state index is -0.996. The number of carboxylic acid groups (broad SMARTS) is 1. The fourth-order valence-corrected chi connectivity index (χ4v) is 3.53. The number of hydrazone groups is 1. The van der Waals surface area contributed by atoms with Crippen molar-refractivity contribution >= 4 is 28.8 Å². The molecule has 1 heterocycles. The third-order valence-electron chi connectivity index (χ3n) is 4.10. The lowest BCUT2D eigenvalue weighted by Gasteiger charge is -2.22. The minimum Gasteiger partial charge on any atom is -0.481 e. The molecule has 136 valence electrons. The van der Waals surface area contributed by atoms with Gasteiger partial charge in [-0.3, -0.25) is 9.59 Å². The lowest BCUT2D eigenvalue weighted by atomic mass is 9.85. The van der Waals surface area contributed by atoms with E-state index in [1.807, 2.05) is 6.92 Å². The monoisotopic (exact) mass is 363 g/mol. The number of rotatable bonds is 5. The maximum atomic E-state index is 11.7. The molecule has 1 saturated heterocycles. The fourth-order valence-electron chi connectivity index (χ4n) is 2.60. The van der Waals surface area contributed by atoms with Crippen LogP contribution in [0.1, 0.15) is 56.8 Å². The van der Waals surface area contributed by atoms with Gasteiger partial charge in [-0.1, -0.05) is 50.7 Å². The number of benzene rings is 1. The summed E-state index contributed by atoms with van der Waals surface area (Å²) >= 11 is 1.14. The Bertz CT molecular complexity index is 710. The van der Waals surface area contributed by atoms with E-state index >= 15 is 0 Å². The van der Waals surface area contributed by atoms with Crippen LogP contribution in [0.2, 0.25) is 0 Å². The zero-order valence-electron chi connectivity index (χ0n) is 15.2. The van der Waals surface area contributed by atoms with Gasteiger partial charge in [0, 0.05) is 0 Å². The van der Waals surface area contributed by atoms with Crippen LogP contribution in [0.4, 0.5) is 0 Å². The standard InChI is InChI=1S/C18H25N3O3S/c1-10-8-12(18(3,4)5)6-7-13(10)11(2)20-21-17-19-16(24)14(25-17)9-15(22)23/h6-8,11,14,20H,9H2,1-5H3,(H,22,23)(H,19,21,24). The summed E-state index contributed by atoms with van der Waals surface area (Å²) in [5, 5.41) is 15.4. The van der Waals surface area contributed by atoms with Gasteiger partial charge in [0.25, 0.3) is 0 Å². The molecule has 1 amide bonds. The smallest absolute Gasteiger partial charge is 0.305 e. The largest absolute Gasteiger partial charge is 0.481 e. The number of aryl methyl sites for hydroxylation is 1. The summed E-state index contributed by atoms with van der Waals surface area (Å²) in [5.74, 6) is -1.31. The Labute approximate surface area is 152 Å². The first-order chi connectivity index (χ1) is 11.6. The second kappa shape index (κ2) is 7.47. The predicted octanol–water partition coefficient (Wildman–Crippen LogP) is 2.92. The molecule has 2 rings (SSSR count). The van der Waals surface area contributed by atoms with Crippen molar-refractivity contribution < 1.29 is 14.7 Å². The van der Waals surface area contributed by atoms with Crippen LogP contribution in [0.3, 0.4) is 0 Å². The fraction of sp³-hybridized carbons (Fsp3) is 0.500. The molecule has 25 heavy (non-hydrogen) atoms. The van der Waals surface area contributed by atoms with Crippen LogP contribution in [0.5, 0.6) is 0 Å². The van der Waals surface area contributed by atoms with Crippen LogP contribution < -0.4 is 10.7 Å². The molecular weight excluding hydrogens is 338 g/mol. The molecule has 2 atom stereocenters. The van der Waals surface area contributed by atoms with Gasteiger partial charge >= 0.3 is 5.97 Å². The number of nitrogens with one attached hydrogen (secondary N) is 2. The highest BCUT2D eigenvalue weighted by Crippen LogP contribution is 2.27. The van der Waals surface area contributed by atoms with E-state index in [4.69, 9.17) is 5.11 Å². The average Bonchev–Trinajstić information content (AvgIpc) is 2.83. The van der Waals surface area contributed by atoms with Gasteiger partial charge in [-0.2, -0.15) is 5.10 Å². The van der Waals surface area contributed by atoms with Crippen LogP contribution in [0, 0.1) is 6.92 Å². The second-order valence-corrected chi connectivity index (χ2v) is 8.47. The first-order valence-corrected chi connectivity index (χ1v) is 9.09. The second-order valence-electron chi connectivity index (χ2n) is 7.28. The number of amidine groups is 1. The van der Waals surface area contributed by atoms with Gasteiger partial charge in [-0.15, -0.1) is 0 Å². The molecule has 1 fully saturated rings. The summed E-state index contributed by atoms with van der Waals surface area (Å²) in [7, 11) is 0. The number of thioether (sulfide) groups is 1. The first kappa shape index (κ1) is 19.3. The van der Waals surface area contributed by atoms with Crippen molar-refractivity contribution in [1.29, 1.82) is 0 Å². The van der Waals surface area contributed by atoms with Gasteiger partial charge in [0.2, 0.25) is 5.91 Å². The summed E-state index contributed by atoms with van der Waals surface area (Å²) in [4.78, 5) is 22.5. The Morgan fingerprint density at radius 2 is 2.12 bits per heavy atom. The zero-order chi connectivity index (χ0) is 18.8. The number of nitrogens with zero attached hydrogens (tertiary/aromatic N) is 1. The van der Waals surface area contributed by atoms with Crippen molar-refractivity contribution in [2.45, 2.75) is 57.7 Å². The summed E-state index contributed by atoms with van der Waals surface area (Å²) in [5.41, 5.74) is 6.73. The molecule has 0 aliphatic carbocycles. The summed E-state index contributed by atoms with van der Waals surface area (Å²) in [6.07, 6.45) is -0.210. The van der Waals surface area contributed by atoms with Gasteiger partial charge < -0.3 is 15.8 Å². The molecule has 3 N–H and O–H groups in total. The van der Waals surface area contributed by atoms with Crippen molar-refractivity contribution in [2.24, 2.45) is 5.10 Å². The highest BCUT2D eigenvalue weighted by Gasteiger charge is 2.32. The highest BCUT2D eigenvalue weighted by atomic mass is 32.2. The molecule has 1 aromatic rings. The van der Waals surface area contributed by atoms with Crippen molar-refractivity contribution in [3.63, 3.8) is 0 Å². The number of hydrogen-bond acceptors (Lipinski definition) is 5. The van der Waals surface area contributed by atoms with Crippen LogP contribution >= 0.6 is 11.8 Å². The number of carbonyl (C=O) groups is 2. The van der Waals surface area contributed by atoms with Crippen LogP contribution in [-0.2, 0) is 15.0 Å². The van der Waals surface area contributed by atoms with E-state index in [2.05, 4.69) is 61.7 Å². The van der Waals surface area contributed by atoms with Crippen molar-refractivity contribution in [2.75, 3.05) is 0 Å². The van der Waals surface area contributed by atoms with E-state index in [0.717, 1.165) is 17.3 Å². The van der Waals surface area contributed by atoms with Crippen LogP contribution in [-0.4, -0.2) is 27.4 Å². The van der Waals surface area contributed by atoms with E-state index in [9.17, 15) is 9.59 Å². The third-order valence-corrected chi connectivity index (χ3v) is 5.18. The van der Waals surface area contributed by atoms with Gasteiger partial charge in [0.1, 0.15) is 5.25 Å². The lowest BCUT2D eigenvalue weighted by molar-refractivity contribution is -0.138. The van der Waals surface area contributed by atoms with E-state index in [1.54, 1.807) is 0 Å². The molecule has 0 aromatic heterocycles. The molecule has 2 unspecified atom stereocenters. The minimum absolute atomic E-state index is 0.0301. The van der Waals surface area contributed by atoms with Crippen molar-refractivity contribution in [3.8, 4) is 0 Å². The van der Waals surface area contributed by atoms with Gasteiger partial charge in [0.15, 0.2) is 5.17 Å². The zero-order valence-corrected chi connectivity index (χ0v) is 16.0. The molecule has 1 aliphatic rings. The molecule has 0 bridgehead atoms. The van der Waals surface area contributed by atoms with Gasteiger partial charge in [-0.25, -0.2) is 0 Å². The Hall–Kier alpha value is -2.02. The molecular formula is C18H25N3O3S. The molecule has 0 spiro atoms. The normalized spacial score (nSPS) is 20.4. The lowest BCUT2D eigenvalue weighted by Crippen LogP contribution is -2.27. The van der Waals surface area contributed by atoms with Crippen molar-refractivity contribution in [1.82, 2.24) is 10.7 Å². The predicted molar refractivity (Wildman–Crippen MR) is 101 cm³/mol. The maximum Gasteiger partial charge on any atom is 0.305 e. The topological polar surface area (TPSA) is 90.8 Å². The first-order valence-electron chi connectivity index (χ1n) is 8.21. The number of amides is 1. The molecule has 7 heteroatoms. The maximum absolute atomic E-state index is 11.7. The number of carbonyl (C=O) groups excluding carboxylic acids is 1. The summed E-state index contributed by atoms with van der Waals surface area (Å²) in [6.45, 7) is 10.6. The Morgan fingerprint density at radius 3 is 2.68 bits per heavy atom. The molecule has 1 aliphatic heterocycles.